The fourth-order valence-electron chi connectivity index (χ4n) is 3.85. The van der Waals surface area contributed by atoms with Gasteiger partial charge in [-0.2, -0.15) is 0 Å². The van der Waals surface area contributed by atoms with Crippen LogP contribution in [0.5, 0.6) is 0 Å². The first-order chi connectivity index (χ1) is 11.7. The largest absolute Gasteiger partial charge is 0.354 e. The number of aliphatic imine (C=N–C) groups is 1. The van der Waals surface area contributed by atoms with Crippen molar-refractivity contribution in [3.63, 3.8) is 0 Å². The van der Waals surface area contributed by atoms with Gasteiger partial charge in [0.25, 0.3) is 0 Å². The molecule has 3 aliphatic rings. The third kappa shape index (κ3) is 5.01. The molecule has 138 valence electrons. The molecule has 0 spiro atoms. The molecule has 1 aromatic rings. The first kappa shape index (κ1) is 19.2. The fraction of sp³-hybridized carbons (Fsp3) is 0.632. The van der Waals surface area contributed by atoms with Crippen LogP contribution >= 0.6 is 35.6 Å². The van der Waals surface area contributed by atoms with Crippen molar-refractivity contribution in [3.05, 3.63) is 34.9 Å². The van der Waals surface area contributed by atoms with E-state index in [0.717, 1.165) is 23.4 Å². The lowest BCUT2D eigenvalue weighted by Crippen LogP contribution is -2.49. The van der Waals surface area contributed by atoms with Gasteiger partial charge < -0.3 is 15.5 Å². The number of hydrogen-bond donors (Lipinski definition) is 2. The predicted octanol–water partition coefficient (Wildman–Crippen LogP) is 3.61. The highest BCUT2D eigenvalue weighted by Gasteiger charge is 2.39. The van der Waals surface area contributed by atoms with E-state index >= 15 is 0 Å². The molecule has 4 nitrogen and oxygen atoms in total. The molecule has 6 heteroatoms. The Hall–Kier alpha value is -0.530. The minimum atomic E-state index is 0. The van der Waals surface area contributed by atoms with Gasteiger partial charge >= 0.3 is 0 Å². The lowest BCUT2D eigenvalue weighted by atomic mass is 10.1. The molecule has 1 aliphatic heterocycles. The highest BCUT2D eigenvalue weighted by Crippen LogP contribution is 2.41. The molecule has 1 saturated heterocycles. The SMILES string of the molecule is CN=C(NC1CCN(C2CC2)CC1)NC1CC1c1cccc(Cl)c1.I. The Morgan fingerprint density at radius 1 is 1.16 bits per heavy atom. The molecular weight excluding hydrogens is 447 g/mol. The summed E-state index contributed by atoms with van der Waals surface area (Å²) in [6, 6.07) is 10.1. The van der Waals surface area contributed by atoms with Crippen LogP contribution in [-0.2, 0) is 0 Å². The molecule has 2 N–H and O–H groups in total. The van der Waals surface area contributed by atoms with Crippen molar-refractivity contribution < 1.29 is 0 Å². The van der Waals surface area contributed by atoms with E-state index in [1.165, 1.54) is 44.3 Å². The molecule has 4 rings (SSSR count). The summed E-state index contributed by atoms with van der Waals surface area (Å²) in [5, 5.41) is 8.03. The molecule has 0 radical (unpaired) electrons. The molecule has 2 atom stereocenters. The molecule has 0 aromatic heterocycles. The summed E-state index contributed by atoms with van der Waals surface area (Å²) in [6.45, 7) is 2.46. The van der Waals surface area contributed by atoms with E-state index in [-0.39, 0.29) is 24.0 Å². The minimum Gasteiger partial charge on any atom is -0.354 e. The van der Waals surface area contributed by atoms with E-state index in [4.69, 9.17) is 11.6 Å². The van der Waals surface area contributed by atoms with Crippen molar-refractivity contribution in [2.75, 3.05) is 20.1 Å². The Bertz CT molecular complexity index is 611. The van der Waals surface area contributed by atoms with Gasteiger partial charge in [0, 0.05) is 49.2 Å². The number of rotatable bonds is 4. The van der Waals surface area contributed by atoms with Gasteiger partial charge in [-0.3, -0.25) is 4.99 Å². The third-order valence-electron chi connectivity index (χ3n) is 5.55. The fourth-order valence-corrected chi connectivity index (χ4v) is 4.05. The van der Waals surface area contributed by atoms with Crippen molar-refractivity contribution in [3.8, 4) is 0 Å². The van der Waals surface area contributed by atoms with E-state index < -0.39 is 0 Å². The van der Waals surface area contributed by atoms with Crippen LogP contribution in [0.25, 0.3) is 0 Å². The molecular formula is C19H28ClIN4. The van der Waals surface area contributed by atoms with E-state index in [1.54, 1.807) is 0 Å². The summed E-state index contributed by atoms with van der Waals surface area (Å²) < 4.78 is 0. The number of halogens is 2. The van der Waals surface area contributed by atoms with E-state index in [0.29, 0.717) is 18.0 Å². The summed E-state index contributed by atoms with van der Waals surface area (Å²) in [6.07, 6.45) is 6.42. The topological polar surface area (TPSA) is 39.7 Å². The maximum absolute atomic E-state index is 6.10. The number of guanidine groups is 1. The lowest BCUT2D eigenvalue weighted by Gasteiger charge is -2.33. The van der Waals surface area contributed by atoms with Crippen LogP contribution in [0.2, 0.25) is 5.02 Å². The van der Waals surface area contributed by atoms with Crippen molar-refractivity contribution >= 4 is 41.5 Å². The highest BCUT2D eigenvalue weighted by molar-refractivity contribution is 14.0. The molecule has 1 aromatic carbocycles. The van der Waals surface area contributed by atoms with E-state index in [2.05, 4.69) is 32.7 Å². The molecule has 0 bridgehead atoms. The van der Waals surface area contributed by atoms with Crippen molar-refractivity contribution in [1.82, 2.24) is 15.5 Å². The Labute approximate surface area is 172 Å². The first-order valence-electron chi connectivity index (χ1n) is 9.22. The van der Waals surface area contributed by atoms with Crippen LogP contribution in [-0.4, -0.2) is 49.1 Å². The van der Waals surface area contributed by atoms with Crippen LogP contribution in [0.15, 0.2) is 29.3 Å². The summed E-state index contributed by atoms with van der Waals surface area (Å²) in [4.78, 5) is 7.09. The highest BCUT2D eigenvalue weighted by atomic mass is 127. The zero-order valence-corrected chi connectivity index (χ0v) is 17.8. The smallest absolute Gasteiger partial charge is 0.191 e. The van der Waals surface area contributed by atoms with Gasteiger partial charge in [-0.05, 0) is 49.8 Å². The quantitative estimate of drug-likeness (QED) is 0.398. The predicted molar refractivity (Wildman–Crippen MR) is 115 cm³/mol. The lowest BCUT2D eigenvalue weighted by molar-refractivity contribution is 0.197. The maximum atomic E-state index is 6.10. The maximum Gasteiger partial charge on any atom is 0.191 e. The monoisotopic (exact) mass is 474 g/mol. The Balaban J connectivity index is 0.00000182. The van der Waals surface area contributed by atoms with Crippen molar-refractivity contribution in [1.29, 1.82) is 0 Å². The standard InChI is InChI=1S/C19H27ClN4.HI/c1-21-19(22-15-7-9-24(10-8-15)16-5-6-16)23-18-12-17(18)13-3-2-4-14(20)11-13;/h2-4,11,15-18H,5-10,12H2,1H3,(H2,21,22,23);1H. The van der Waals surface area contributed by atoms with Crippen LogP contribution in [0.3, 0.4) is 0 Å². The van der Waals surface area contributed by atoms with Crippen molar-refractivity contribution in [2.24, 2.45) is 4.99 Å². The average molecular weight is 475 g/mol. The zero-order chi connectivity index (χ0) is 16.5. The Morgan fingerprint density at radius 2 is 1.92 bits per heavy atom. The normalized spacial score (nSPS) is 27.5. The number of nitrogens with zero attached hydrogens (tertiary/aromatic N) is 2. The van der Waals surface area contributed by atoms with Crippen LogP contribution < -0.4 is 10.6 Å². The second kappa shape index (κ2) is 8.44. The molecule has 2 saturated carbocycles. The molecule has 25 heavy (non-hydrogen) atoms. The summed E-state index contributed by atoms with van der Waals surface area (Å²) in [5.41, 5.74) is 1.33. The van der Waals surface area contributed by atoms with Crippen LogP contribution in [0.1, 0.15) is 43.6 Å². The van der Waals surface area contributed by atoms with Crippen molar-refractivity contribution in [2.45, 2.75) is 56.1 Å². The van der Waals surface area contributed by atoms with Gasteiger partial charge in [0.2, 0.25) is 0 Å². The van der Waals surface area contributed by atoms with E-state index in [9.17, 15) is 0 Å². The van der Waals surface area contributed by atoms with Crippen LogP contribution in [0.4, 0.5) is 0 Å². The molecule has 2 aliphatic carbocycles. The number of piperidine rings is 1. The van der Waals surface area contributed by atoms with Gasteiger partial charge in [0.15, 0.2) is 5.96 Å². The molecule has 2 unspecified atom stereocenters. The van der Waals surface area contributed by atoms with Gasteiger partial charge in [0.1, 0.15) is 0 Å². The third-order valence-corrected chi connectivity index (χ3v) is 5.78. The second-order valence-corrected chi connectivity index (χ2v) is 7.84. The van der Waals surface area contributed by atoms with E-state index in [1.807, 2.05) is 19.2 Å². The average Bonchev–Trinajstić information content (AvgIpc) is 3.49. The Kier molecular flexibility index (Phi) is 6.49. The van der Waals surface area contributed by atoms with Crippen LogP contribution in [0, 0.1) is 0 Å². The summed E-state index contributed by atoms with van der Waals surface area (Å²) in [5.74, 6) is 1.51. The van der Waals surface area contributed by atoms with Gasteiger partial charge in [-0.15, -0.1) is 24.0 Å². The molecule has 0 amide bonds. The van der Waals surface area contributed by atoms with Gasteiger partial charge in [-0.25, -0.2) is 0 Å². The molecule has 3 fully saturated rings. The molecule has 1 heterocycles. The Morgan fingerprint density at radius 3 is 2.56 bits per heavy atom. The number of likely N-dealkylation sites (tertiary alicyclic amines) is 1. The second-order valence-electron chi connectivity index (χ2n) is 7.41. The minimum absolute atomic E-state index is 0. The number of nitrogens with one attached hydrogen (secondary N) is 2. The van der Waals surface area contributed by atoms with Gasteiger partial charge in [-0.1, -0.05) is 23.7 Å². The summed E-state index contributed by atoms with van der Waals surface area (Å²) in [7, 11) is 1.87. The summed E-state index contributed by atoms with van der Waals surface area (Å²) >= 11 is 6.10. The number of hydrogen-bond acceptors (Lipinski definition) is 2. The van der Waals surface area contributed by atoms with Gasteiger partial charge in [0.05, 0.1) is 0 Å². The number of benzene rings is 1. The first-order valence-corrected chi connectivity index (χ1v) is 9.60. The zero-order valence-electron chi connectivity index (χ0n) is 14.7.